The van der Waals surface area contributed by atoms with Gasteiger partial charge in [0.25, 0.3) is 11.8 Å². The Bertz CT molecular complexity index is 903. The first-order valence-electron chi connectivity index (χ1n) is 9.46. The maximum Gasteiger partial charge on any atom is 0.283 e. The molecule has 2 aromatic carbocycles. The van der Waals surface area contributed by atoms with Gasteiger partial charge >= 0.3 is 0 Å². The highest BCUT2D eigenvalue weighted by Gasteiger charge is 2.42. The fraction of sp³-hybridized carbons (Fsp3) is 0.273. The van der Waals surface area contributed by atoms with Crippen LogP contribution in [-0.4, -0.2) is 43.0 Å². The third-order valence-corrected chi connectivity index (χ3v) is 5.99. The Labute approximate surface area is 169 Å². The first-order valence-corrected chi connectivity index (χ1v) is 10.3. The first kappa shape index (κ1) is 18.8. The second kappa shape index (κ2) is 8.20. The first-order chi connectivity index (χ1) is 13.7. The maximum absolute atomic E-state index is 13.3. The maximum atomic E-state index is 13.3. The van der Waals surface area contributed by atoms with E-state index in [4.69, 9.17) is 4.74 Å². The number of rotatable bonds is 5. The van der Waals surface area contributed by atoms with Crippen LogP contribution >= 0.6 is 11.8 Å². The van der Waals surface area contributed by atoms with Crippen molar-refractivity contribution in [2.75, 3.05) is 31.2 Å². The van der Waals surface area contributed by atoms with E-state index in [2.05, 4.69) is 6.92 Å². The summed E-state index contributed by atoms with van der Waals surface area (Å²) < 4.78 is 5.43. The molecule has 2 aromatic rings. The van der Waals surface area contributed by atoms with Gasteiger partial charge in [-0.1, -0.05) is 49.0 Å². The number of hydrogen-bond donors (Lipinski definition) is 0. The molecule has 28 heavy (non-hydrogen) atoms. The number of aryl methyl sites for hydroxylation is 1. The molecule has 2 amide bonds. The average Bonchev–Trinajstić information content (AvgIpc) is 2.99. The van der Waals surface area contributed by atoms with Gasteiger partial charge < -0.3 is 9.64 Å². The minimum Gasteiger partial charge on any atom is -0.378 e. The van der Waals surface area contributed by atoms with Gasteiger partial charge in [0.1, 0.15) is 10.6 Å². The molecular weight excluding hydrogens is 372 g/mol. The van der Waals surface area contributed by atoms with E-state index < -0.39 is 0 Å². The van der Waals surface area contributed by atoms with Gasteiger partial charge in [0.05, 0.1) is 18.9 Å². The molecule has 0 bridgehead atoms. The summed E-state index contributed by atoms with van der Waals surface area (Å²) in [6, 6.07) is 17.3. The molecule has 2 heterocycles. The molecule has 5 nitrogen and oxygen atoms in total. The summed E-state index contributed by atoms with van der Waals surface area (Å²) in [7, 11) is 0. The predicted molar refractivity (Wildman–Crippen MR) is 110 cm³/mol. The molecule has 4 rings (SSSR count). The molecule has 0 saturated carbocycles. The van der Waals surface area contributed by atoms with Crippen LogP contribution in [0.25, 0.3) is 0 Å². The minimum atomic E-state index is -0.260. The number of thioether (sulfide) groups is 1. The molecule has 144 valence electrons. The van der Waals surface area contributed by atoms with Gasteiger partial charge in [-0.15, -0.1) is 0 Å². The molecule has 0 radical (unpaired) electrons. The number of imide groups is 1. The van der Waals surface area contributed by atoms with Crippen molar-refractivity contribution in [3.63, 3.8) is 0 Å². The van der Waals surface area contributed by atoms with Gasteiger partial charge in [0.2, 0.25) is 0 Å². The Hall–Kier alpha value is -2.57. The third kappa shape index (κ3) is 3.57. The van der Waals surface area contributed by atoms with E-state index >= 15 is 0 Å². The van der Waals surface area contributed by atoms with Crippen molar-refractivity contribution < 1.29 is 14.3 Å². The molecule has 0 N–H and O–H groups in total. The fourth-order valence-corrected chi connectivity index (χ4v) is 4.40. The summed E-state index contributed by atoms with van der Waals surface area (Å²) >= 11 is 1.36. The zero-order valence-corrected chi connectivity index (χ0v) is 16.6. The molecule has 6 heteroatoms. The topological polar surface area (TPSA) is 49.9 Å². The average molecular weight is 394 g/mol. The molecule has 0 aromatic heterocycles. The van der Waals surface area contributed by atoms with Crippen LogP contribution in [-0.2, 0) is 20.7 Å². The standard InChI is InChI=1S/C22H22N2O3S/c1-2-16-8-10-17(11-9-16)24-21(25)19(23-12-14-27-15-13-23)20(22(24)26)28-18-6-4-3-5-7-18/h3-11H,2,12-15H2,1H3. The van der Waals surface area contributed by atoms with Gasteiger partial charge in [-0.2, -0.15) is 0 Å². The molecule has 1 fully saturated rings. The summed E-state index contributed by atoms with van der Waals surface area (Å²) in [5, 5.41) is 0. The molecule has 0 unspecified atom stereocenters. The number of amides is 2. The van der Waals surface area contributed by atoms with Crippen LogP contribution in [0.3, 0.4) is 0 Å². The van der Waals surface area contributed by atoms with E-state index in [0.717, 1.165) is 11.3 Å². The van der Waals surface area contributed by atoms with Crippen LogP contribution in [0.1, 0.15) is 12.5 Å². The summed E-state index contributed by atoms with van der Waals surface area (Å²) in [5.74, 6) is -0.515. The number of morpholine rings is 1. The third-order valence-electron chi connectivity index (χ3n) is 4.91. The van der Waals surface area contributed by atoms with Crippen molar-refractivity contribution >= 4 is 29.3 Å². The highest BCUT2D eigenvalue weighted by molar-refractivity contribution is 8.04. The van der Waals surface area contributed by atoms with E-state index in [9.17, 15) is 9.59 Å². The largest absolute Gasteiger partial charge is 0.378 e. The SMILES string of the molecule is CCc1ccc(N2C(=O)C(Sc3ccccc3)=C(N3CCOCC3)C2=O)cc1. The predicted octanol–water partition coefficient (Wildman–Crippen LogP) is 3.46. The zero-order chi connectivity index (χ0) is 19.5. The molecular formula is C22H22N2O3S. The fourth-order valence-electron chi connectivity index (χ4n) is 3.38. The van der Waals surface area contributed by atoms with Crippen molar-refractivity contribution in [3.05, 3.63) is 70.8 Å². The smallest absolute Gasteiger partial charge is 0.283 e. The summed E-state index contributed by atoms with van der Waals surface area (Å²) in [6.07, 6.45) is 0.911. The normalized spacial score (nSPS) is 17.6. The molecule has 2 aliphatic heterocycles. The zero-order valence-electron chi connectivity index (χ0n) is 15.8. The summed E-state index contributed by atoms with van der Waals surface area (Å²) in [6.45, 7) is 4.40. The van der Waals surface area contributed by atoms with E-state index in [1.165, 1.54) is 22.2 Å². The Kier molecular flexibility index (Phi) is 5.50. The number of carbonyl (C=O) groups is 2. The highest BCUT2D eigenvalue weighted by atomic mass is 32.2. The van der Waals surface area contributed by atoms with Crippen molar-refractivity contribution in [2.24, 2.45) is 0 Å². The van der Waals surface area contributed by atoms with Crippen LogP contribution < -0.4 is 4.90 Å². The van der Waals surface area contributed by atoms with Crippen LogP contribution in [0.4, 0.5) is 5.69 Å². The van der Waals surface area contributed by atoms with Crippen LogP contribution in [0.2, 0.25) is 0 Å². The lowest BCUT2D eigenvalue weighted by molar-refractivity contribution is -0.121. The molecule has 2 aliphatic rings. The number of nitrogens with zero attached hydrogens (tertiary/aromatic N) is 2. The molecule has 0 atom stereocenters. The van der Waals surface area contributed by atoms with Gasteiger partial charge in [0.15, 0.2) is 0 Å². The van der Waals surface area contributed by atoms with Crippen LogP contribution in [0.5, 0.6) is 0 Å². The number of anilines is 1. The Morgan fingerprint density at radius 1 is 0.929 bits per heavy atom. The lowest BCUT2D eigenvalue weighted by Crippen LogP contribution is -2.40. The lowest BCUT2D eigenvalue weighted by atomic mass is 10.1. The van der Waals surface area contributed by atoms with Gasteiger partial charge in [-0.05, 0) is 36.2 Å². The molecule has 1 saturated heterocycles. The number of benzene rings is 2. The van der Waals surface area contributed by atoms with E-state index in [-0.39, 0.29) is 11.8 Å². The summed E-state index contributed by atoms with van der Waals surface area (Å²) in [5.41, 5.74) is 2.27. The van der Waals surface area contributed by atoms with E-state index in [1.807, 2.05) is 59.5 Å². The van der Waals surface area contributed by atoms with Crippen molar-refractivity contribution in [3.8, 4) is 0 Å². The quantitative estimate of drug-likeness (QED) is 0.727. The minimum absolute atomic E-state index is 0.255. The summed E-state index contributed by atoms with van der Waals surface area (Å²) in [4.78, 5) is 31.3. The molecule has 0 spiro atoms. The van der Waals surface area contributed by atoms with E-state index in [1.54, 1.807) is 0 Å². The number of hydrogen-bond acceptors (Lipinski definition) is 5. The highest BCUT2D eigenvalue weighted by Crippen LogP contribution is 2.38. The monoisotopic (exact) mass is 394 g/mol. The van der Waals surface area contributed by atoms with Gasteiger partial charge in [-0.3, -0.25) is 9.59 Å². The van der Waals surface area contributed by atoms with Crippen LogP contribution in [0, 0.1) is 0 Å². The Balaban J connectivity index is 1.71. The van der Waals surface area contributed by atoms with Crippen molar-refractivity contribution in [1.82, 2.24) is 4.90 Å². The second-order valence-electron chi connectivity index (χ2n) is 6.66. The van der Waals surface area contributed by atoms with Gasteiger partial charge in [0, 0.05) is 18.0 Å². The van der Waals surface area contributed by atoms with Crippen LogP contribution in [0.15, 0.2) is 70.1 Å². The number of carbonyl (C=O) groups excluding carboxylic acids is 2. The Morgan fingerprint density at radius 2 is 1.61 bits per heavy atom. The Morgan fingerprint density at radius 3 is 2.25 bits per heavy atom. The van der Waals surface area contributed by atoms with Crippen molar-refractivity contribution in [1.29, 1.82) is 0 Å². The molecule has 0 aliphatic carbocycles. The van der Waals surface area contributed by atoms with Gasteiger partial charge in [-0.25, -0.2) is 4.90 Å². The lowest BCUT2D eigenvalue weighted by Gasteiger charge is -2.29. The number of ether oxygens (including phenoxy) is 1. The van der Waals surface area contributed by atoms with E-state index in [0.29, 0.717) is 42.6 Å². The second-order valence-corrected chi connectivity index (χ2v) is 7.74. The van der Waals surface area contributed by atoms with Crippen molar-refractivity contribution in [2.45, 2.75) is 18.2 Å².